The molecular formula is C15H32N4O2. The van der Waals surface area contributed by atoms with Crippen LogP contribution >= 0.6 is 0 Å². The van der Waals surface area contributed by atoms with E-state index >= 15 is 0 Å². The summed E-state index contributed by atoms with van der Waals surface area (Å²) in [5.74, 6) is -0.156. The van der Waals surface area contributed by atoms with Crippen molar-refractivity contribution in [3.05, 3.63) is 0 Å². The first-order valence-corrected chi connectivity index (χ1v) is 7.57. The minimum Gasteiger partial charge on any atom is -0.352 e. The van der Waals surface area contributed by atoms with Crippen molar-refractivity contribution in [3.63, 3.8) is 0 Å². The van der Waals surface area contributed by atoms with Crippen LogP contribution in [0.15, 0.2) is 0 Å². The van der Waals surface area contributed by atoms with Gasteiger partial charge in [-0.25, -0.2) is 0 Å². The molecule has 0 aromatic carbocycles. The van der Waals surface area contributed by atoms with E-state index in [1.54, 1.807) is 4.90 Å². The molecule has 2 amide bonds. The number of nitrogens with zero attached hydrogens (tertiary/aromatic N) is 2. The second kappa shape index (κ2) is 9.00. The van der Waals surface area contributed by atoms with Crippen molar-refractivity contribution in [3.8, 4) is 0 Å². The lowest BCUT2D eigenvalue weighted by Gasteiger charge is -2.30. The highest BCUT2D eigenvalue weighted by molar-refractivity contribution is 5.85. The maximum atomic E-state index is 12.3. The lowest BCUT2D eigenvalue weighted by atomic mass is 9.93. The third-order valence-corrected chi connectivity index (χ3v) is 3.17. The van der Waals surface area contributed by atoms with E-state index in [2.05, 4.69) is 19.2 Å². The van der Waals surface area contributed by atoms with E-state index in [0.29, 0.717) is 19.6 Å². The van der Waals surface area contributed by atoms with Gasteiger partial charge >= 0.3 is 0 Å². The van der Waals surface area contributed by atoms with Crippen molar-refractivity contribution in [1.82, 2.24) is 15.1 Å². The van der Waals surface area contributed by atoms with Crippen LogP contribution < -0.4 is 11.1 Å². The van der Waals surface area contributed by atoms with E-state index in [4.69, 9.17) is 5.73 Å². The first kappa shape index (κ1) is 19.9. The molecule has 0 rings (SSSR count). The third-order valence-electron chi connectivity index (χ3n) is 3.17. The van der Waals surface area contributed by atoms with Gasteiger partial charge in [-0.05, 0) is 39.8 Å². The molecule has 0 aromatic heterocycles. The average molecular weight is 300 g/mol. The predicted molar refractivity (Wildman–Crippen MR) is 85.9 cm³/mol. The molecule has 0 atom stereocenters. The van der Waals surface area contributed by atoms with Crippen LogP contribution in [-0.4, -0.2) is 67.4 Å². The van der Waals surface area contributed by atoms with Gasteiger partial charge in [0.05, 0.1) is 13.1 Å². The number of carbonyl (C=O) groups is 2. The fourth-order valence-corrected chi connectivity index (χ4v) is 2.10. The summed E-state index contributed by atoms with van der Waals surface area (Å²) in [5.41, 5.74) is 5.68. The minimum atomic E-state index is -0.120. The average Bonchev–Trinajstić information content (AvgIpc) is 2.33. The SMILES string of the molecule is CCN(CC(=O)NC(C)C)C(=O)CN(C)CC(C)(C)CN. The molecule has 0 spiro atoms. The van der Waals surface area contributed by atoms with Crippen molar-refractivity contribution in [2.45, 2.75) is 40.7 Å². The highest BCUT2D eigenvalue weighted by Crippen LogP contribution is 2.13. The third kappa shape index (κ3) is 8.67. The fraction of sp³-hybridized carbons (Fsp3) is 0.867. The zero-order chi connectivity index (χ0) is 16.6. The Morgan fingerprint density at radius 1 is 1.24 bits per heavy atom. The van der Waals surface area contributed by atoms with Crippen LogP contribution in [-0.2, 0) is 9.59 Å². The van der Waals surface area contributed by atoms with E-state index < -0.39 is 0 Å². The number of hydrogen-bond acceptors (Lipinski definition) is 4. The first-order chi connectivity index (χ1) is 9.61. The first-order valence-electron chi connectivity index (χ1n) is 7.57. The molecule has 0 saturated carbocycles. The summed E-state index contributed by atoms with van der Waals surface area (Å²) >= 11 is 0. The summed E-state index contributed by atoms with van der Waals surface area (Å²) in [5, 5.41) is 2.80. The molecule has 3 N–H and O–H groups in total. The summed E-state index contributed by atoms with van der Waals surface area (Å²) in [6.07, 6.45) is 0. The van der Waals surface area contributed by atoms with E-state index in [0.717, 1.165) is 6.54 Å². The van der Waals surface area contributed by atoms with Gasteiger partial charge in [-0.15, -0.1) is 0 Å². The van der Waals surface area contributed by atoms with Gasteiger partial charge in [0.15, 0.2) is 0 Å². The zero-order valence-electron chi connectivity index (χ0n) is 14.4. The molecule has 0 aromatic rings. The zero-order valence-corrected chi connectivity index (χ0v) is 14.4. The lowest BCUT2D eigenvalue weighted by molar-refractivity contribution is -0.136. The van der Waals surface area contributed by atoms with Gasteiger partial charge in [0.25, 0.3) is 0 Å². The summed E-state index contributed by atoms with van der Waals surface area (Å²) < 4.78 is 0. The van der Waals surface area contributed by atoms with Crippen molar-refractivity contribution in [2.75, 3.05) is 39.8 Å². The molecule has 21 heavy (non-hydrogen) atoms. The van der Waals surface area contributed by atoms with Gasteiger partial charge in [0, 0.05) is 19.1 Å². The molecule has 124 valence electrons. The molecule has 0 aliphatic rings. The molecule has 0 fully saturated rings. The highest BCUT2D eigenvalue weighted by atomic mass is 16.2. The Morgan fingerprint density at radius 3 is 2.24 bits per heavy atom. The largest absolute Gasteiger partial charge is 0.352 e. The topological polar surface area (TPSA) is 78.7 Å². The molecule has 0 unspecified atom stereocenters. The van der Waals surface area contributed by atoms with Crippen LogP contribution in [0.2, 0.25) is 0 Å². The number of rotatable bonds is 9. The summed E-state index contributed by atoms with van der Waals surface area (Å²) in [4.78, 5) is 27.5. The van der Waals surface area contributed by atoms with Crippen LogP contribution in [0.5, 0.6) is 0 Å². The van der Waals surface area contributed by atoms with Gasteiger partial charge in [-0.1, -0.05) is 13.8 Å². The Balaban J connectivity index is 4.42. The summed E-state index contributed by atoms with van der Waals surface area (Å²) in [6, 6.07) is 0.0827. The standard InChI is InChI=1S/C15H32N4O2/c1-7-19(8-13(20)17-12(2)3)14(21)9-18(6)11-15(4,5)10-16/h12H,7-11,16H2,1-6H3,(H,17,20). The second-order valence-electron chi connectivity index (χ2n) is 6.67. The molecule has 0 heterocycles. The maximum Gasteiger partial charge on any atom is 0.239 e. The van der Waals surface area contributed by atoms with Crippen molar-refractivity contribution in [1.29, 1.82) is 0 Å². The summed E-state index contributed by atoms with van der Waals surface area (Å²) in [6.45, 7) is 12.1. The molecule has 6 heteroatoms. The Kier molecular flexibility index (Phi) is 8.51. The van der Waals surface area contributed by atoms with Crippen LogP contribution in [0.4, 0.5) is 0 Å². The normalized spacial score (nSPS) is 11.9. The van der Waals surface area contributed by atoms with E-state index in [-0.39, 0.29) is 29.8 Å². The lowest BCUT2D eigenvalue weighted by Crippen LogP contribution is -2.47. The van der Waals surface area contributed by atoms with E-state index in [9.17, 15) is 9.59 Å². The Bertz CT molecular complexity index is 343. The van der Waals surface area contributed by atoms with Crippen LogP contribution in [0.25, 0.3) is 0 Å². The van der Waals surface area contributed by atoms with Crippen LogP contribution in [0.3, 0.4) is 0 Å². The Hall–Kier alpha value is -1.14. The molecule has 0 aliphatic carbocycles. The fourth-order valence-electron chi connectivity index (χ4n) is 2.10. The molecular weight excluding hydrogens is 268 g/mol. The number of nitrogens with two attached hydrogens (primary N) is 1. The number of likely N-dealkylation sites (N-methyl/N-ethyl adjacent to an activating group) is 2. The second-order valence-corrected chi connectivity index (χ2v) is 6.67. The number of nitrogens with one attached hydrogen (secondary N) is 1. The monoisotopic (exact) mass is 300 g/mol. The number of hydrogen-bond donors (Lipinski definition) is 2. The van der Waals surface area contributed by atoms with E-state index in [1.165, 1.54) is 0 Å². The van der Waals surface area contributed by atoms with Gasteiger partial charge in [0.1, 0.15) is 0 Å². The van der Waals surface area contributed by atoms with Crippen LogP contribution in [0.1, 0.15) is 34.6 Å². The van der Waals surface area contributed by atoms with Crippen molar-refractivity contribution < 1.29 is 9.59 Å². The smallest absolute Gasteiger partial charge is 0.239 e. The number of carbonyl (C=O) groups excluding carboxylic acids is 2. The van der Waals surface area contributed by atoms with Gasteiger partial charge in [-0.2, -0.15) is 0 Å². The van der Waals surface area contributed by atoms with Gasteiger partial charge in [0.2, 0.25) is 11.8 Å². The van der Waals surface area contributed by atoms with Crippen molar-refractivity contribution in [2.24, 2.45) is 11.1 Å². The molecule has 0 saturated heterocycles. The Morgan fingerprint density at radius 2 is 1.81 bits per heavy atom. The molecule has 6 nitrogen and oxygen atoms in total. The van der Waals surface area contributed by atoms with Crippen molar-refractivity contribution >= 4 is 11.8 Å². The molecule has 0 radical (unpaired) electrons. The quantitative estimate of drug-likeness (QED) is 0.641. The number of amides is 2. The molecule has 0 aliphatic heterocycles. The summed E-state index contributed by atoms with van der Waals surface area (Å²) in [7, 11) is 1.90. The van der Waals surface area contributed by atoms with Gasteiger partial charge < -0.3 is 16.0 Å². The van der Waals surface area contributed by atoms with Crippen LogP contribution in [0, 0.1) is 5.41 Å². The molecule has 0 bridgehead atoms. The van der Waals surface area contributed by atoms with Gasteiger partial charge in [-0.3, -0.25) is 14.5 Å². The predicted octanol–water partition coefficient (Wildman–Crippen LogP) is 0.276. The Labute approximate surface area is 129 Å². The minimum absolute atomic E-state index is 0.0267. The highest BCUT2D eigenvalue weighted by Gasteiger charge is 2.22. The maximum absolute atomic E-state index is 12.3. The van der Waals surface area contributed by atoms with E-state index in [1.807, 2.05) is 32.7 Å².